The average Bonchev–Trinajstić information content (AvgIpc) is 3.06. The summed E-state index contributed by atoms with van der Waals surface area (Å²) in [6.07, 6.45) is 1.66. The number of nitrogens with one attached hydrogen (secondary N) is 1. The van der Waals surface area contributed by atoms with Crippen molar-refractivity contribution in [3.05, 3.63) is 82.8 Å². The van der Waals surface area contributed by atoms with Gasteiger partial charge in [0.25, 0.3) is 5.91 Å². The number of aliphatic hydroxyl groups excluding tert-OH is 1. The largest absolute Gasteiger partial charge is 0.505 e. The minimum atomic E-state index is -0.599. The van der Waals surface area contributed by atoms with Crippen molar-refractivity contribution in [2.24, 2.45) is 4.99 Å². The van der Waals surface area contributed by atoms with E-state index in [1.807, 2.05) is 37.3 Å². The number of aliphatic imine (C=N–C) groups is 1. The molecular formula is C25H26N2O5. The highest BCUT2D eigenvalue weighted by Crippen LogP contribution is 2.27. The lowest BCUT2D eigenvalue weighted by molar-refractivity contribution is -0.138. The molecule has 1 atom stereocenters. The third kappa shape index (κ3) is 5.63. The Balaban J connectivity index is 1.58. The number of hydrogen-bond acceptors (Lipinski definition) is 6. The summed E-state index contributed by atoms with van der Waals surface area (Å²) in [6.45, 7) is 5.37. The van der Waals surface area contributed by atoms with Crippen molar-refractivity contribution in [1.29, 1.82) is 0 Å². The summed E-state index contributed by atoms with van der Waals surface area (Å²) in [5.74, 6) is -0.485. The van der Waals surface area contributed by atoms with Gasteiger partial charge < -0.3 is 19.9 Å². The molecule has 1 amide bonds. The molecule has 7 heteroatoms. The molecule has 0 saturated heterocycles. The van der Waals surface area contributed by atoms with Gasteiger partial charge in [-0.3, -0.25) is 4.79 Å². The molecule has 1 heterocycles. The van der Waals surface area contributed by atoms with Crippen molar-refractivity contribution in [2.75, 3.05) is 13.2 Å². The molecule has 0 aliphatic carbocycles. The van der Waals surface area contributed by atoms with Gasteiger partial charge in [0, 0.05) is 0 Å². The molecule has 0 fully saturated rings. The highest BCUT2D eigenvalue weighted by molar-refractivity contribution is 6.22. The average molecular weight is 434 g/mol. The summed E-state index contributed by atoms with van der Waals surface area (Å²) in [5, 5.41) is 13.3. The lowest BCUT2D eigenvalue weighted by Crippen LogP contribution is -2.31. The summed E-state index contributed by atoms with van der Waals surface area (Å²) in [6, 6.07) is 16.6. The van der Waals surface area contributed by atoms with Crippen molar-refractivity contribution in [3.63, 3.8) is 0 Å². The predicted octanol–water partition coefficient (Wildman–Crippen LogP) is 4.13. The number of rotatable bonds is 8. The van der Waals surface area contributed by atoms with Gasteiger partial charge in [-0.05, 0) is 50.1 Å². The fourth-order valence-corrected chi connectivity index (χ4v) is 3.21. The van der Waals surface area contributed by atoms with Gasteiger partial charge in [-0.25, -0.2) is 9.79 Å². The lowest BCUT2D eigenvalue weighted by Gasteiger charge is -2.14. The number of benzene rings is 2. The number of carbonyl (C=O) groups excluding carboxylic acids is 2. The molecule has 7 nitrogen and oxygen atoms in total. The Bertz CT molecular complexity index is 1070. The Morgan fingerprint density at radius 3 is 2.47 bits per heavy atom. The summed E-state index contributed by atoms with van der Waals surface area (Å²) in [5.41, 5.74) is 2.54. The normalized spacial score (nSPS) is 15.3. The number of aliphatic hydroxyl groups is 1. The molecule has 0 bridgehead atoms. The molecule has 2 N–H and O–H groups in total. The van der Waals surface area contributed by atoms with Crippen molar-refractivity contribution in [3.8, 4) is 5.75 Å². The minimum Gasteiger partial charge on any atom is -0.505 e. The number of hydrogen-bond donors (Lipinski definition) is 2. The Kier molecular flexibility index (Phi) is 7.44. The van der Waals surface area contributed by atoms with E-state index in [9.17, 15) is 14.7 Å². The summed E-state index contributed by atoms with van der Waals surface area (Å²) in [4.78, 5) is 28.4. The third-order valence-corrected chi connectivity index (χ3v) is 4.84. The molecule has 0 unspecified atom stereocenters. The van der Waals surface area contributed by atoms with Crippen molar-refractivity contribution in [1.82, 2.24) is 5.32 Å². The van der Waals surface area contributed by atoms with Gasteiger partial charge in [0.05, 0.1) is 18.4 Å². The smallest absolute Gasteiger partial charge is 0.343 e. The molecule has 0 saturated carbocycles. The van der Waals surface area contributed by atoms with Crippen molar-refractivity contribution < 1.29 is 24.2 Å². The van der Waals surface area contributed by atoms with E-state index in [0.717, 1.165) is 11.1 Å². The maximum Gasteiger partial charge on any atom is 0.343 e. The van der Waals surface area contributed by atoms with Gasteiger partial charge in [-0.1, -0.05) is 42.5 Å². The van der Waals surface area contributed by atoms with Crippen molar-refractivity contribution >= 4 is 23.7 Å². The highest BCUT2D eigenvalue weighted by Gasteiger charge is 2.27. The van der Waals surface area contributed by atoms with E-state index in [0.29, 0.717) is 11.5 Å². The van der Waals surface area contributed by atoms with Gasteiger partial charge in [0.1, 0.15) is 17.0 Å². The van der Waals surface area contributed by atoms with Crippen LogP contribution in [0.2, 0.25) is 0 Å². The molecule has 32 heavy (non-hydrogen) atoms. The summed E-state index contributed by atoms with van der Waals surface area (Å²) in [7, 11) is 0. The molecule has 0 aromatic heterocycles. The first kappa shape index (κ1) is 22.8. The molecule has 3 rings (SSSR count). The van der Waals surface area contributed by atoms with Gasteiger partial charge in [-0.15, -0.1) is 0 Å². The van der Waals surface area contributed by atoms with Crippen LogP contribution in [-0.4, -0.2) is 35.9 Å². The van der Waals surface area contributed by atoms with Crippen LogP contribution in [0.25, 0.3) is 6.08 Å². The molecule has 1 aliphatic rings. The fourth-order valence-electron chi connectivity index (χ4n) is 3.21. The van der Waals surface area contributed by atoms with Crippen LogP contribution in [0.3, 0.4) is 0 Å². The van der Waals surface area contributed by atoms with Crippen LogP contribution in [0.15, 0.2) is 76.6 Å². The third-order valence-electron chi connectivity index (χ3n) is 4.84. The maximum absolute atomic E-state index is 12.2. The predicted molar refractivity (Wildman–Crippen MR) is 122 cm³/mol. The van der Waals surface area contributed by atoms with E-state index in [1.54, 1.807) is 44.2 Å². The number of carbonyl (C=O) groups is 2. The SMILES string of the molecule is CCOC(=O)C1=C(O)/C(=C\c2ccc(OCC(=O)N[C@H](C)c3ccccc3)cc2)N=C1C. The van der Waals surface area contributed by atoms with Gasteiger partial charge in [-0.2, -0.15) is 0 Å². The quantitative estimate of drug-likeness (QED) is 0.609. The summed E-state index contributed by atoms with van der Waals surface area (Å²) >= 11 is 0. The van der Waals surface area contributed by atoms with Gasteiger partial charge in [0.15, 0.2) is 12.4 Å². The zero-order valence-corrected chi connectivity index (χ0v) is 18.3. The van der Waals surface area contributed by atoms with Crippen LogP contribution >= 0.6 is 0 Å². The number of ether oxygens (including phenoxy) is 2. The molecule has 0 radical (unpaired) electrons. The lowest BCUT2D eigenvalue weighted by atomic mass is 10.1. The zero-order valence-electron chi connectivity index (χ0n) is 18.3. The monoisotopic (exact) mass is 434 g/mol. The molecule has 2 aromatic carbocycles. The van der Waals surface area contributed by atoms with E-state index >= 15 is 0 Å². The Hall–Kier alpha value is -3.87. The second-order valence-electron chi connectivity index (χ2n) is 7.23. The standard InChI is InChI=1S/C25H26N2O5/c1-4-31-25(30)23-17(3)26-21(24(23)29)14-18-10-12-20(13-11-18)32-15-22(28)27-16(2)19-8-6-5-7-9-19/h5-14,16,29H,4,15H2,1-3H3,(H,27,28)/b21-14+/t16-/m1/s1. The van der Waals surface area contributed by atoms with Crippen LogP contribution in [-0.2, 0) is 14.3 Å². The number of esters is 1. The minimum absolute atomic E-state index is 0.0776. The van der Waals surface area contributed by atoms with Crippen LogP contribution in [0, 0.1) is 0 Å². The molecular weight excluding hydrogens is 408 g/mol. The molecule has 0 spiro atoms. The van der Waals surface area contributed by atoms with E-state index < -0.39 is 5.97 Å². The second-order valence-corrected chi connectivity index (χ2v) is 7.23. The zero-order chi connectivity index (χ0) is 23.1. The summed E-state index contributed by atoms with van der Waals surface area (Å²) < 4.78 is 10.5. The van der Waals surface area contributed by atoms with E-state index in [1.165, 1.54) is 0 Å². The molecule has 2 aromatic rings. The molecule has 1 aliphatic heterocycles. The Morgan fingerprint density at radius 1 is 1.12 bits per heavy atom. The number of nitrogens with zero attached hydrogens (tertiary/aromatic N) is 1. The first-order valence-electron chi connectivity index (χ1n) is 10.3. The second kappa shape index (κ2) is 10.4. The van der Waals surface area contributed by atoms with E-state index in [-0.39, 0.29) is 42.2 Å². The maximum atomic E-state index is 12.2. The Labute approximate surface area is 187 Å². The molecule has 166 valence electrons. The fraction of sp³-hybridized carbons (Fsp3) is 0.240. The van der Waals surface area contributed by atoms with Gasteiger partial charge in [0.2, 0.25) is 0 Å². The number of amides is 1. The van der Waals surface area contributed by atoms with E-state index in [4.69, 9.17) is 9.47 Å². The van der Waals surface area contributed by atoms with E-state index in [2.05, 4.69) is 10.3 Å². The first-order valence-corrected chi connectivity index (χ1v) is 10.3. The van der Waals surface area contributed by atoms with Gasteiger partial charge >= 0.3 is 5.97 Å². The Morgan fingerprint density at radius 2 is 1.81 bits per heavy atom. The van der Waals surface area contributed by atoms with Crippen LogP contribution in [0.1, 0.15) is 37.9 Å². The van der Waals surface area contributed by atoms with Crippen LogP contribution < -0.4 is 10.1 Å². The van der Waals surface area contributed by atoms with Crippen LogP contribution in [0.5, 0.6) is 5.75 Å². The first-order chi connectivity index (χ1) is 15.4. The van der Waals surface area contributed by atoms with Crippen molar-refractivity contribution in [2.45, 2.75) is 26.8 Å². The highest BCUT2D eigenvalue weighted by atomic mass is 16.5. The topological polar surface area (TPSA) is 97.2 Å². The van der Waals surface area contributed by atoms with Crippen LogP contribution in [0.4, 0.5) is 0 Å².